The molecular formula is C17H22N2. The van der Waals surface area contributed by atoms with Gasteiger partial charge in [-0.2, -0.15) is 0 Å². The van der Waals surface area contributed by atoms with E-state index in [1.165, 1.54) is 16.7 Å². The van der Waals surface area contributed by atoms with E-state index in [9.17, 15) is 0 Å². The highest BCUT2D eigenvalue weighted by Crippen LogP contribution is 2.09. The maximum Gasteiger partial charge on any atom is 0.0314 e. The van der Waals surface area contributed by atoms with Crippen LogP contribution in [0.2, 0.25) is 0 Å². The number of hydrogen-bond acceptors (Lipinski definition) is 2. The Balaban J connectivity index is 1.84. The minimum atomic E-state index is 0.830. The smallest absolute Gasteiger partial charge is 0.0314 e. The van der Waals surface area contributed by atoms with Crippen LogP contribution in [0.25, 0.3) is 0 Å². The fourth-order valence-electron chi connectivity index (χ4n) is 2.21. The zero-order valence-electron chi connectivity index (χ0n) is 11.8. The minimum Gasteiger partial charge on any atom is -0.399 e. The van der Waals surface area contributed by atoms with Gasteiger partial charge in [-0.05, 0) is 43.7 Å². The first kappa shape index (κ1) is 13.6. The standard InChI is InChI=1S/C17H22N2/c1-14-4-3-5-16(12-14)13-19(2)11-10-15-6-8-17(18)9-7-15/h3-9,12H,10-11,13,18H2,1-2H3. The highest BCUT2D eigenvalue weighted by Gasteiger charge is 2.01. The summed E-state index contributed by atoms with van der Waals surface area (Å²) in [6.07, 6.45) is 1.06. The van der Waals surface area contributed by atoms with Crippen molar-refractivity contribution in [2.24, 2.45) is 0 Å². The number of nitrogens with zero attached hydrogens (tertiary/aromatic N) is 1. The molecule has 0 radical (unpaired) electrons. The summed E-state index contributed by atoms with van der Waals surface area (Å²) in [5.74, 6) is 0. The average Bonchev–Trinajstić information content (AvgIpc) is 2.38. The van der Waals surface area contributed by atoms with Gasteiger partial charge in [0.25, 0.3) is 0 Å². The van der Waals surface area contributed by atoms with Gasteiger partial charge in [0.1, 0.15) is 0 Å². The van der Waals surface area contributed by atoms with Crippen LogP contribution in [0.3, 0.4) is 0 Å². The first-order valence-electron chi connectivity index (χ1n) is 6.72. The van der Waals surface area contributed by atoms with Crippen molar-refractivity contribution in [2.75, 3.05) is 19.3 Å². The second kappa shape index (κ2) is 6.39. The Hall–Kier alpha value is -1.80. The Bertz CT molecular complexity index is 517. The summed E-state index contributed by atoms with van der Waals surface area (Å²) in [5, 5.41) is 0. The van der Waals surface area contributed by atoms with Gasteiger partial charge >= 0.3 is 0 Å². The zero-order chi connectivity index (χ0) is 13.7. The third-order valence-electron chi connectivity index (χ3n) is 3.30. The van der Waals surface area contributed by atoms with Crippen molar-refractivity contribution >= 4 is 5.69 Å². The first-order valence-corrected chi connectivity index (χ1v) is 6.72. The van der Waals surface area contributed by atoms with Gasteiger partial charge in [-0.15, -0.1) is 0 Å². The van der Waals surface area contributed by atoms with Gasteiger partial charge in [0.05, 0.1) is 0 Å². The van der Waals surface area contributed by atoms with Crippen molar-refractivity contribution in [2.45, 2.75) is 19.9 Å². The lowest BCUT2D eigenvalue weighted by Crippen LogP contribution is -2.20. The third-order valence-corrected chi connectivity index (χ3v) is 3.30. The number of anilines is 1. The van der Waals surface area contributed by atoms with Crippen LogP contribution in [0.4, 0.5) is 5.69 Å². The molecule has 0 aliphatic carbocycles. The molecule has 0 saturated heterocycles. The summed E-state index contributed by atoms with van der Waals surface area (Å²) >= 11 is 0. The molecular weight excluding hydrogens is 232 g/mol. The van der Waals surface area contributed by atoms with Gasteiger partial charge in [0, 0.05) is 18.8 Å². The summed E-state index contributed by atoms with van der Waals surface area (Å²) in [6, 6.07) is 16.8. The Kier molecular flexibility index (Phi) is 4.58. The van der Waals surface area contributed by atoms with E-state index in [-0.39, 0.29) is 0 Å². The summed E-state index contributed by atoms with van der Waals surface area (Å²) in [6.45, 7) is 4.19. The fourth-order valence-corrected chi connectivity index (χ4v) is 2.21. The third kappa shape index (κ3) is 4.42. The Labute approximate surface area is 115 Å². The molecule has 0 saturated carbocycles. The van der Waals surface area contributed by atoms with Crippen molar-refractivity contribution in [3.05, 3.63) is 65.2 Å². The highest BCUT2D eigenvalue weighted by atomic mass is 15.1. The Morgan fingerprint density at radius 1 is 1.00 bits per heavy atom. The summed E-state index contributed by atoms with van der Waals surface area (Å²) in [4.78, 5) is 2.35. The van der Waals surface area contributed by atoms with E-state index in [4.69, 9.17) is 5.73 Å². The van der Waals surface area contributed by atoms with Crippen LogP contribution in [-0.2, 0) is 13.0 Å². The molecule has 2 heteroatoms. The van der Waals surface area contributed by atoms with Crippen molar-refractivity contribution in [1.82, 2.24) is 4.90 Å². The SMILES string of the molecule is Cc1cccc(CN(C)CCc2ccc(N)cc2)c1. The predicted octanol–water partition coefficient (Wildman–Crippen LogP) is 3.25. The topological polar surface area (TPSA) is 29.3 Å². The lowest BCUT2D eigenvalue weighted by Gasteiger charge is -2.17. The molecule has 0 spiro atoms. The van der Waals surface area contributed by atoms with E-state index in [1.807, 2.05) is 12.1 Å². The van der Waals surface area contributed by atoms with Crippen molar-refractivity contribution in [3.8, 4) is 0 Å². The number of nitrogen functional groups attached to an aromatic ring is 1. The molecule has 0 fully saturated rings. The van der Waals surface area contributed by atoms with E-state index in [1.54, 1.807) is 0 Å². The number of rotatable bonds is 5. The molecule has 0 aliphatic rings. The summed E-state index contributed by atoms with van der Waals surface area (Å²) in [7, 11) is 2.17. The quantitative estimate of drug-likeness (QED) is 0.830. The first-order chi connectivity index (χ1) is 9.13. The molecule has 2 nitrogen and oxygen atoms in total. The highest BCUT2D eigenvalue weighted by molar-refractivity contribution is 5.39. The van der Waals surface area contributed by atoms with Crippen molar-refractivity contribution in [3.63, 3.8) is 0 Å². The van der Waals surface area contributed by atoms with Crippen LogP contribution < -0.4 is 5.73 Å². The largest absolute Gasteiger partial charge is 0.399 e. The number of benzene rings is 2. The molecule has 100 valence electrons. The fraction of sp³-hybridized carbons (Fsp3) is 0.294. The molecule has 0 aliphatic heterocycles. The summed E-state index contributed by atoms with van der Waals surface area (Å²) < 4.78 is 0. The lowest BCUT2D eigenvalue weighted by molar-refractivity contribution is 0.331. The number of aryl methyl sites for hydroxylation is 1. The van der Waals surface area contributed by atoms with Crippen molar-refractivity contribution in [1.29, 1.82) is 0 Å². The zero-order valence-corrected chi connectivity index (χ0v) is 11.8. The average molecular weight is 254 g/mol. The van der Waals surface area contributed by atoms with Crippen LogP contribution in [-0.4, -0.2) is 18.5 Å². The predicted molar refractivity (Wildman–Crippen MR) is 82.1 cm³/mol. The van der Waals surface area contributed by atoms with Gasteiger partial charge in [0.2, 0.25) is 0 Å². The van der Waals surface area contributed by atoms with Gasteiger partial charge in [-0.25, -0.2) is 0 Å². The maximum absolute atomic E-state index is 5.69. The number of nitrogens with two attached hydrogens (primary N) is 1. The second-order valence-corrected chi connectivity index (χ2v) is 5.22. The van der Waals surface area contributed by atoms with E-state index in [2.05, 4.69) is 55.3 Å². The Morgan fingerprint density at radius 3 is 2.42 bits per heavy atom. The van der Waals surface area contributed by atoms with Gasteiger partial charge in [-0.1, -0.05) is 42.0 Å². The van der Waals surface area contributed by atoms with Gasteiger partial charge in [-0.3, -0.25) is 0 Å². The normalized spacial score (nSPS) is 10.9. The maximum atomic E-state index is 5.69. The van der Waals surface area contributed by atoms with Gasteiger partial charge < -0.3 is 10.6 Å². The van der Waals surface area contributed by atoms with Crippen LogP contribution in [0.15, 0.2) is 48.5 Å². The molecule has 2 aromatic carbocycles. The minimum absolute atomic E-state index is 0.830. The molecule has 0 bridgehead atoms. The molecule has 0 amide bonds. The monoisotopic (exact) mass is 254 g/mol. The molecule has 0 aromatic heterocycles. The lowest BCUT2D eigenvalue weighted by atomic mass is 10.1. The Morgan fingerprint density at radius 2 is 1.74 bits per heavy atom. The molecule has 0 unspecified atom stereocenters. The van der Waals surface area contributed by atoms with E-state index in [0.29, 0.717) is 0 Å². The number of likely N-dealkylation sites (N-methyl/N-ethyl adjacent to an activating group) is 1. The second-order valence-electron chi connectivity index (χ2n) is 5.22. The van der Waals surface area contributed by atoms with E-state index < -0.39 is 0 Å². The molecule has 0 heterocycles. The number of hydrogen-bond donors (Lipinski definition) is 1. The van der Waals surface area contributed by atoms with Crippen molar-refractivity contribution < 1.29 is 0 Å². The molecule has 2 N–H and O–H groups in total. The molecule has 19 heavy (non-hydrogen) atoms. The van der Waals surface area contributed by atoms with Gasteiger partial charge in [0.15, 0.2) is 0 Å². The van der Waals surface area contributed by atoms with E-state index in [0.717, 1.165) is 25.2 Å². The molecule has 0 atom stereocenters. The van der Waals surface area contributed by atoms with Crippen LogP contribution in [0.1, 0.15) is 16.7 Å². The molecule has 2 aromatic rings. The van der Waals surface area contributed by atoms with Crippen LogP contribution >= 0.6 is 0 Å². The van der Waals surface area contributed by atoms with Crippen LogP contribution in [0, 0.1) is 6.92 Å². The van der Waals surface area contributed by atoms with Crippen LogP contribution in [0.5, 0.6) is 0 Å². The molecule has 2 rings (SSSR count). The summed E-state index contributed by atoms with van der Waals surface area (Å²) in [5.41, 5.74) is 10.6. The van der Waals surface area contributed by atoms with E-state index >= 15 is 0 Å².